The van der Waals surface area contributed by atoms with Crippen molar-refractivity contribution >= 4 is 18.4 Å². The number of hydrogen-bond acceptors (Lipinski definition) is 4. The van der Waals surface area contributed by atoms with Gasteiger partial charge in [0.05, 0.1) is 25.3 Å². The summed E-state index contributed by atoms with van der Waals surface area (Å²) in [5.41, 5.74) is 1.09. The van der Waals surface area contributed by atoms with Gasteiger partial charge in [0.1, 0.15) is 11.5 Å². The number of methoxy groups -OCH3 is 2. The lowest BCUT2D eigenvalue weighted by molar-refractivity contribution is 0.0696. The van der Waals surface area contributed by atoms with Crippen molar-refractivity contribution < 1.29 is 19.4 Å². The highest BCUT2D eigenvalue weighted by atomic mass is 35.5. The van der Waals surface area contributed by atoms with Crippen molar-refractivity contribution in [3.63, 3.8) is 0 Å². The number of ether oxygens (including phenoxy) is 2. The summed E-state index contributed by atoms with van der Waals surface area (Å²) in [5.74, 6) is 0.164. The summed E-state index contributed by atoms with van der Waals surface area (Å²) in [4.78, 5) is 13.4. The predicted molar refractivity (Wildman–Crippen MR) is 78.3 cm³/mol. The molecule has 0 spiro atoms. The Bertz CT molecular complexity index is 447. The number of nitrogens with zero attached hydrogens (tertiary/aromatic N) is 1. The number of hydrogen-bond donors (Lipinski definition) is 1. The van der Waals surface area contributed by atoms with Gasteiger partial charge in [-0.1, -0.05) is 0 Å². The molecule has 1 aliphatic rings. The van der Waals surface area contributed by atoms with E-state index in [2.05, 4.69) is 4.90 Å². The molecule has 0 radical (unpaired) electrons. The Morgan fingerprint density at radius 1 is 1.20 bits per heavy atom. The first kappa shape index (κ1) is 16.6. The van der Waals surface area contributed by atoms with Crippen LogP contribution in [0.1, 0.15) is 28.8 Å². The van der Waals surface area contributed by atoms with Crippen LogP contribution in [-0.4, -0.2) is 43.3 Å². The number of benzene rings is 1. The Morgan fingerprint density at radius 3 is 2.10 bits per heavy atom. The summed E-state index contributed by atoms with van der Waals surface area (Å²) >= 11 is 0. The standard InChI is InChI=1S/C14H19NO4.ClH/c1-18-12-7-10(14(16)17)8-13(19-2)11(12)9-15-5-3-4-6-15;/h7-8H,3-6,9H2,1-2H3,(H,16,17);1H. The second kappa shape index (κ2) is 7.36. The number of carboxylic acids is 1. The molecule has 2 rings (SSSR count). The van der Waals surface area contributed by atoms with Crippen molar-refractivity contribution in [2.24, 2.45) is 0 Å². The van der Waals surface area contributed by atoms with E-state index in [9.17, 15) is 4.79 Å². The van der Waals surface area contributed by atoms with Gasteiger partial charge < -0.3 is 14.6 Å². The van der Waals surface area contributed by atoms with E-state index in [-0.39, 0.29) is 18.0 Å². The van der Waals surface area contributed by atoms with Crippen LogP contribution < -0.4 is 9.47 Å². The minimum Gasteiger partial charge on any atom is -0.496 e. The molecular weight excluding hydrogens is 282 g/mol. The molecule has 1 aliphatic heterocycles. The zero-order valence-corrected chi connectivity index (χ0v) is 12.5. The maximum atomic E-state index is 11.1. The molecule has 0 amide bonds. The van der Waals surface area contributed by atoms with E-state index in [0.717, 1.165) is 25.2 Å². The molecule has 1 aromatic carbocycles. The largest absolute Gasteiger partial charge is 0.496 e. The van der Waals surface area contributed by atoms with Gasteiger partial charge in [0.15, 0.2) is 0 Å². The van der Waals surface area contributed by atoms with Crippen LogP contribution in [-0.2, 0) is 6.54 Å². The Labute approximate surface area is 124 Å². The summed E-state index contributed by atoms with van der Waals surface area (Å²) in [5, 5.41) is 9.08. The summed E-state index contributed by atoms with van der Waals surface area (Å²) in [6.07, 6.45) is 2.41. The fourth-order valence-electron chi connectivity index (χ4n) is 2.43. The van der Waals surface area contributed by atoms with Crippen molar-refractivity contribution in [1.29, 1.82) is 0 Å². The Balaban J connectivity index is 0.00000200. The predicted octanol–water partition coefficient (Wildman–Crippen LogP) is 2.42. The number of aromatic carboxylic acids is 1. The Kier molecular flexibility index (Phi) is 6.10. The van der Waals surface area contributed by atoms with Crippen LogP contribution in [0.2, 0.25) is 0 Å². The van der Waals surface area contributed by atoms with Crippen LogP contribution in [0.25, 0.3) is 0 Å². The number of likely N-dealkylation sites (tertiary alicyclic amines) is 1. The summed E-state index contributed by atoms with van der Waals surface area (Å²) < 4.78 is 10.6. The third-order valence-electron chi connectivity index (χ3n) is 3.44. The quantitative estimate of drug-likeness (QED) is 0.905. The third kappa shape index (κ3) is 3.55. The Hall–Kier alpha value is -1.46. The van der Waals surface area contributed by atoms with E-state index in [1.807, 2.05) is 0 Å². The lowest BCUT2D eigenvalue weighted by atomic mass is 10.1. The van der Waals surface area contributed by atoms with Gasteiger partial charge in [0.25, 0.3) is 0 Å². The van der Waals surface area contributed by atoms with Gasteiger partial charge in [0.2, 0.25) is 0 Å². The van der Waals surface area contributed by atoms with Gasteiger partial charge in [-0.15, -0.1) is 12.4 Å². The number of rotatable bonds is 5. The molecule has 0 aromatic heterocycles. The van der Waals surface area contributed by atoms with Crippen LogP contribution in [0, 0.1) is 0 Å². The lowest BCUT2D eigenvalue weighted by Crippen LogP contribution is -2.19. The molecule has 0 bridgehead atoms. The fraction of sp³-hybridized carbons (Fsp3) is 0.500. The van der Waals surface area contributed by atoms with Crippen molar-refractivity contribution in [3.05, 3.63) is 23.3 Å². The van der Waals surface area contributed by atoms with Gasteiger partial charge in [0, 0.05) is 6.54 Å². The highest BCUT2D eigenvalue weighted by Gasteiger charge is 2.20. The maximum absolute atomic E-state index is 11.1. The molecule has 0 unspecified atom stereocenters. The smallest absolute Gasteiger partial charge is 0.335 e. The van der Waals surface area contributed by atoms with E-state index in [1.165, 1.54) is 12.8 Å². The van der Waals surface area contributed by atoms with Crippen LogP contribution in [0.3, 0.4) is 0 Å². The third-order valence-corrected chi connectivity index (χ3v) is 3.44. The van der Waals surface area contributed by atoms with Gasteiger partial charge in [-0.25, -0.2) is 4.79 Å². The minimum atomic E-state index is -0.982. The van der Waals surface area contributed by atoms with Gasteiger partial charge >= 0.3 is 5.97 Å². The first-order chi connectivity index (χ1) is 9.15. The van der Waals surface area contributed by atoms with Gasteiger partial charge in [-0.05, 0) is 38.1 Å². The molecular formula is C14H20ClNO4. The van der Waals surface area contributed by atoms with Gasteiger partial charge in [-0.3, -0.25) is 4.90 Å². The molecule has 1 saturated heterocycles. The molecule has 0 saturated carbocycles. The summed E-state index contributed by atoms with van der Waals surface area (Å²) in [6, 6.07) is 3.10. The van der Waals surface area contributed by atoms with Crippen molar-refractivity contribution in [2.45, 2.75) is 19.4 Å². The summed E-state index contributed by atoms with van der Waals surface area (Å²) in [7, 11) is 3.10. The molecule has 6 heteroatoms. The van der Waals surface area contributed by atoms with E-state index in [4.69, 9.17) is 14.6 Å². The molecule has 1 aromatic rings. The minimum absolute atomic E-state index is 0. The topological polar surface area (TPSA) is 59.0 Å². The second-order valence-corrected chi connectivity index (χ2v) is 4.65. The van der Waals surface area contributed by atoms with Crippen LogP contribution >= 0.6 is 12.4 Å². The first-order valence-corrected chi connectivity index (χ1v) is 6.36. The molecule has 0 aliphatic carbocycles. The number of halogens is 1. The van der Waals surface area contributed by atoms with E-state index >= 15 is 0 Å². The number of carbonyl (C=O) groups is 1. The normalized spacial score (nSPS) is 14.7. The average Bonchev–Trinajstić information content (AvgIpc) is 2.91. The first-order valence-electron chi connectivity index (χ1n) is 6.36. The molecule has 1 heterocycles. The SMILES string of the molecule is COc1cc(C(=O)O)cc(OC)c1CN1CCCC1.Cl. The highest BCUT2D eigenvalue weighted by molar-refractivity contribution is 5.89. The second-order valence-electron chi connectivity index (χ2n) is 4.65. The zero-order valence-electron chi connectivity index (χ0n) is 11.7. The van der Waals surface area contributed by atoms with Crippen LogP contribution in [0.4, 0.5) is 0 Å². The van der Waals surface area contributed by atoms with Crippen LogP contribution in [0.15, 0.2) is 12.1 Å². The molecule has 20 heavy (non-hydrogen) atoms. The number of carboxylic acid groups (broad SMARTS) is 1. The van der Waals surface area contributed by atoms with E-state index < -0.39 is 5.97 Å². The molecule has 0 atom stereocenters. The zero-order chi connectivity index (χ0) is 13.8. The highest BCUT2D eigenvalue weighted by Crippen LogP contribution is 2.32. The van der Waals surface area contributed by atoms with Crippen molar-refractivity contribution in [2.75, 3.05) is 27.3 Å². The van der Waals surface area contributed by atoms with Crippen molar-refractivity contribution in [3.8, 4) is 11.5 Å². The van der Waals surface area contributed by atoms with E-state index in [0.29, 0.717) is 11.5 Å². The fourth-order valence-corrected chi connectivity index (χ4v) is 2.43. The van der Waals surface area contributed by atoms with E-state index in [1.54, 1.807) is 26.4 Å². The molecule has 5 nitrogen and oxygen atoms in total. The van der Waals surface area contributed by atoms with Crippen molar-refractivity contribution in [1.82, 2.24) is 4.90 Å². The van der Waals surface area contributed by atoms with Crippen LogP contribution in [0.5, 0.6) is 11.5 Å². The monoisotopic (exact) mass is 301 g/mol. The molecule has 112 valence electrons. The average molecular weight is 302 g/mol. The Morgan fingerprint density at radius 2 is 1.70 bits per heavy atom. The maximum Gasteiger partial charge on any atom is 0.335 e. The van der Waals surface area contributed by atoms with Gasteiger partial charge in [-0.2, -0.15) is 0 Å². The molecule has 1 fully saturated rings. The summed E-state index contributed by atoms with van der Waals surface area (Å²) in [6.45, 7) is 2.85. The molecule has 1 N–H and O–H groups in total. The lowest BCUT2D eigenvalue weighted by Gasteiger charge is -2.19.